The van der Waals surface area contributed by atoms with Crippen LogP contribution in [-0.4, -0.2) is 38.0 Å². The minimum Gasteiger partial charge on any atom is -0.497 e. The molecule has 36 heavy (non-hydrogen) atoms. The van der Waals surface area contributed by atoms with Crippen LogP contribution in [0.3, 0.4) is 0 Å². The van der Waals surface area contributed by atoms with Gasteiger partial charge in [0, 0.05) is 5.69 Å². The van der Waals surface area contributed by atoms with Gasteiger partial charge in [0.1, 0.15) is 22.2 Å². The molecular formula is C26H19ClN2O7. The molecule has 1 aliphatic rings. The smallest absolute Gasteiger partial charge is 0.343 e. The highest BCUT2D eigenvalue weighted by molar-refractivity contribution is 6.53. The van der Waals surface area contributed by atoms with E-state index in [1.807, 2.05) is 0 Å². The van der Waals surface area contributed by atoms with E-state index in [9.17, 15) is 19.2 Å². The minimum atomic E-state index is -0.659. The van der Waals surface area contributed by atoms with E-state index in [0.717, 1.165) is 4.90 Å². The van der Waals surface area contributed by atoms with Crippen LogP contribution in [0, 0.1) is 0 Å². The number of nitrogens with zero attached hydrogens (tertiary/aromatic N) is 1. The lowest BCUT2D eigenvalue weighted by molar-refractivity contribution is -0.120. The van der Waals surface area contributed by atoms with Gasteiger partial charge in [-0.25, -0.2) is 14.5 Å². The predicted molar refractivity (Wildman–Crippen MR) is 131 cm³/mol. The number of anilines is 2. The van der Waals surface area contributed by atoms with Crippen molar-refractivity contribution in [3.05, 3.63) is 94.7 Å². The highest BCUT2D eigenvalue weighted by Gasteiger charge is 2.39. The van der Waals surface area contributed by atoms with Gasteiger partial charge in [0.25, 0.3) is 11.8 Å². The van der Waals surface area contributed by atoms with Gasteiger partial charge in [-0.05, 0) is 72.8 Å². The first-order chi connectivity index (χ1) is 17.3. The Hall–Kier alpha value is -4.63. The van der Waals surface area contributed by atoms with Gasteiger partial charge in [-0.15, -0.1) is 0 Å². The fourth-order valence-electron chi connectivity index (χ4n) is 3.35. The molecule has 1 N–H and O–H groups in total. The maximum Gasteiger partial charge on any atom is 0.343 e. The van der Waals surface area contributed by atoms with E-state index in [4.69, 9.17) is 21.1 Å². The third-order valence-corrected chi connectivity index (χ3v) is 5.58. The Labute approximate surface area is 210 Å². The van der Waals surface area contributed by atoms with Crippen molar-refractivity contribution in [1.82, 2.24) is 0 Å². The Morgan fingerprint density at radius 2 is 1.31 bits per heavy atom. The maximum atomic E-state index is 12.9. The second kappa shape index (κ2) is 10.3. The minimum absolute atomic E-state index is 0.0847. The Morgan fingerprint density at radius 3 is 1.89 bits per heavy atom. The molecule has 3 aromatic rings. The van der Waals surface area contributed by atoms with Crippen LogP contribution in [-0.2, 0) is 14.3 Å². The van der Waals surface area contributed by atoms with Crippen LogP contribution < -0.4 is 19.7 Å². The number of benzene rings is 3. The summed E-state index contributed by atoms with van der Waals surface area (Å²) >= 11 is 6.17. The molecule has 3 aromatic carbocycles. The normalized spacial score (nSPS) is 13.0. The first-order valence-corrected chi connectivity index (χ1v) is 10.9. The van der Waals surface area contributed by atoms with Gasteiger partial charge in [-0.2, -0.15) is 0 Å². The molecular weight excluding hydrogens is 488 g/mol. The fourth-order valence-corrected chi connectivity index (χ4v) is 3.57. The van der Waals surface area contributed by atoms with Crippen LogP contribution >= 0.6 is 11.6 Å². The number of nitrogens with one attached hydrogen (secondary N) is 1. The van der Waals surface area contributed by atoms with Crippen LogP contribution in [0.25, 0.3) is 0 Å². The van der Waals surface area contributed by atoms with Gasteiger partial charge in [0.05, 0.1) is 31.0 Å². The zero-order valence-electron chi connectivity index (χ0n) is 19.1. The summed E-state index contributed by atoms with van der Waals surface area (Å²) in [6.45, 7) is 0. The van der Waals surface area contributed by atoms with E-state index in [1.54, 1.807) is 36.4 Å². The van der Waals surface area contributed by atoms with Crippen molar-refractivity contribution in [3.63, 3.8) is 0 Å². The number of esters is 2. The molecule has 9 nitrogen and oxygen atoms in total. The van der Waals surface area contributed by atoms with Gasteiger partial charge < -0.3 is 19.5 Å². The number of hydrogen-bond acceptors (Lipinski definition) is 8. The van der Waals surface area contributed by atoms with Gasteiger partial charge in [0.2, 0.25) is 0 Å². The Balaban J connectivity index is 1.43. The summed E-state index contributed by atoms with van der Waals surface area (Å²) in [7, 11) is 2.78. The highest BCUT2D eigenvalue weighted by Crippen LogP contribution is 2.31. The summed E-state index contributed by atoms with van der Waals surface area (Å²) in [4.78, 5) is 50.5. The SMILES string of the molecule is COC(=O)c1ccc(OC(=O)c2ccc(NC3=C(Cl)C(=O)N(c4ccc(OC)cc4)C3=O)cc2)cc1. The molecule has 0 saturated carbocycles. The molecule has 0 unspecified atom stereocenters. The number of ether oxygens (including phenoxy) is 3. The molecule has 0 spiro atoms. The number of imide groups is 1. The Bertz CT molecular complexity index is 1360. The molecule has 1 aliphatic heterocycles. The van der Waals surface area contributed by atoms with E-state index in [2.05, 4.69) is 10.1 Å². The quantitative estimate of drug-likeness (QED) is 0.289. The molecule has 0 saturated heterocycles. The third kappa shape index (κ3) is 4.91. The van der Waals surface area contributed by atoms with E-state index < -0.39 is 23.8 Å². The number of methoxy groups -OCH3 is 2. The van der Waals surface area contributed by atoms with Crippen molar-refractivity contribution in [2.45, 2.75) is 0 Å². The lowest BCUT2D eigenvalue weighted by Crippen LogP contribution is -2.32. The summed E-state index contributed by atoms with van der Waals surface area (Å²) in [6.07, 6.45) is 0. The molecule has 4 rings (SSSR count). The lowest BCUT2D eigenvalue weighted by atomic mass is 10.2. The van der Waals surface area contributed by atoms with E-state index in [1.165, 1.54) is 50.6 Å². The first-order valence-electron chi connectivity index (χ1n) is 10.5. The van der Waals surface area contributed by atoms with E-state index in [-0.39, 0.29) is 22.0 Å². The van der Waals surface area contributed by atoms with Crippen LogP contribution in [0.15, 0.2) is 83.5 Å². The summed E-state index contributed by atoms with van der Waals surface area (Å²) in [5, 5.41) is 2.59. The molecule has 10 heteroatoms. The number of rotatable bonds is 7. The molecule has 1 heterocycles. The monoisotopic (exact) mass is 506 g/mol. The van der Waals surface area contributed by atoms with Crippen molar-refractivity contribution in [3.8, 4) is 11.5 Å². The Morgan fingerprint density at radius 1 is 0.750 bits per heavy atom. The molecule has 2 amide bonds. The third-order valence-electron chi connectivity index (χ3n) is 5.23. The van der Waals surface area contributed by atoms with Crippen LogP contribution in [0.4, 0.5) is 11.4 Å². The average Bonchev–Trinajstić information content (AvgIpc) is 3.12. The van der Waals surface area contributed by atoms with E-state index >= 15 is 0 Å². The molecule has 0 fully saturated rings. The number of hydrogen-bond donors (Lipinski definition) is 1. The molecule has 0 aromatic heterocycles. The van der Waals surface area contributed by atoms with Crippen molar-refractivity contribution in [2.75, 3.05) is 24.4 Å². The van der Waals surface area contributed by atoms with Crippen LogP contribution in [0.5, 0.6) is 11.5 Å². The fraction of sp³-hybridized carbons (Fsp3) is 0.0769. The summed E-state index contributed by atoms with van der Waals surface area (Å²) in [5.41, 5.74) is 1.26. The maximum absolute atomic E-state index is 12.9. The molecule has 0 aliphatic carbocycles. The highest BCUT2D eigenvalue weighted by atomic mass is 35.5. The van der Waals surface area contributed by atoms with Crippen molar-refractivity contribution in [2.24, 2.45) is 0 Å². The first kappa shape index (κ1) is 24.5. The summed E-state index contributed by atoms with van der Waals surface area (Å²) in [6, 6.07) is 18.4. The van der Waals surface area contributed by atoms with Gasteiger partial charge in [0.15, 0.2) is 0 Å². The molecule has 0 radical (unpaired) electrons. The number of halogens is 1. The largest absolute Gasteiger partial charge is 0.497 e. The second-order valence-corrected chi connectivity index (χ2v) is 7.82. The van der Waals surface area contributed by atoms with Crippen molar-refractivity contribution in [1.29, 1.82) is 0 Å². The van der Waals surface area contributed by atoms with E-state index in [0.29, 0.717) is 22.7 Å². The molecule has 0 bridgehead atoms. The number of carbonyl (C=O) groups is 4. The van der Waals surface area contributed by atoms with Gasteiger partial charge >= 0.3 is 11.9 Å². The number of carbonyl (C=O) groups excluding carboxylic acids is 4. The van der Waals surface area contributed by atoms with Crippen molar-refractivity contribution >= 4 is 46.7 Å². The molecule has 182 valence electrons. The average molecular weight is 507 g/mol. The summed E-state index contributed by atoms with van der Waals surface area (Å²) < 4.78 is 15.0. The second-order valence-electron chi connectivity index (χ2n) is 7.44. The Kier molecular flexibility index (Phi) is 7.03. The lowest BCUT2D eigenvalue weighted by Gasteiger charge is -2.15. The zero-order valence-corrected chi connectivity index (χ0v) is 19.9. The number of amides is 2. The summed E-state index contributed by atoms with van der Waals surface area (Å²) in [5.74, 6) is -1.57. The standard InChI is InChI=1S/C26H19ClN2O7/c1-34-19-13-9-18(10-14-19)29-23(30)21(27)22(24(29)31)28-17-7-3-16(4-8-17)26(33)36-20-11-5-15(6-12-20)25(32)35-2/h3-14,28H,1-2H3. The van der Waals surface area contributed by atoms with Crippen LogP contribution in [0.1, 0.15) is 20.7 Å². The van der Waals surface area contributed by atoms with Crippen molar-refractivity contribution < 1.29 is 33.4 Å². The van der Waals surface area contributed by atoms with Gasteiger partial charge in [-0.1, -0.05) is 11.6 Å². The topological polar surface area (TPSA) is 111 Å². The zero-order chi connectivity index (χ0) is 25.8. The predicted octanol–water partition coefficient (Wildman–Crippen LogP) is 4.14. The van der Waals surface area contributed by atoms with Gasteiger partial charge in [-0.3, -0.25) is 9.59 Å². The van der Waals surface area contributed by atoms with Crippen LogP contribution in [0.2, 0.25) is 0 Å². The molecule has 0 atom stereocenters.